The van der Waals surface area contributed by atoms with Gasteiger partial charge >= 0.3 is 6.03 Å². The van der Waals surface area contributed by atoms with Gasteiger partial charge in [0.1, 0.15) is 0 Å². The van der Waals surface area contributed by atoms with Gasteiger partial charge in [-0.2, -0.15) is 0 Å². The SMILES string of the molecule is [2H]c1c([2H])c(Cl)c(Cl)c(N2C([2H])([2H])C([2H])([2H])N(CC([2H])([2H])C3CCC(NC(=O)N(C([2H])([2H])[2H])C([2H])([2H])[2H])CC3)C([2H])([2H])C2([2H])[2H])c1[2H]. The van der Waals surface area contributed by atoms with Gasteiger partial charge in [0.2, 0.25) is 0 Å². The minimum atomic E-state index is -3.59. The topological polar surface area (TPSA) is 38.8 Å². The molecule has 2 fully saturated rings. The Kier molecular flexibility index (Phi) is 2.81. The van der Waals surface area contributed by atoms with Crippen molar-refractivity contribution < 1.29 is 30.8 Å². The van der Waals surface area contributed by atoms with Crippen molar-refractivity contribution in [2.24, 2.45) is 5.92 Å². The van der Waals surface area contributed by atoms with Crippen molar-refractivity contribution in [3.8, 4) is 0 Å². The molecule has 1 aliphatic heterocycles. The number of halogens is 2. The Bertz CT molecular complexity index is 1310. The number of anilines is 1. The second-order valence-electron chi connectivity index (χ2n) is 6.26. The lowest BCUT2D eigenvalue weighted by Crippen LogP contribution is -2.47. The van der Waals surface area contributed by atoms with Crippen molar-refractivity contribution in [2.75, 3.05) is 51.4 Å². The predicted octanol–water partition coefficient (Wildman–Crippen LogP) is 4.34. The second-order valence-corrected chi connectivity index (χ2v) is 7.01. The highest BCUT2D eigenvalue weighted by molar-refractivity contribution is 6.43. The zero-order valence-corrected chi connectivity index (χ0v) is 16.2. The van der Waals surface area contributed by atoms with E-state index in [0.29, 0.717) is 0 Å². The third kappa shape index (κ3) is 5.68. The van der Waals surface area contributed by atoms with Gasteiger partial charge < -0.3 is 15.1 Å². The first-order valence-electron chi connectivity index (χ1n) is 18.0. The van der Waals surface area contributed by atoms with Crippen LogP contribution in [0.25, 0.3) is 0 Å². The zero-order valence-electron chi connectivity index (χ0n) is 33.7. The summed E-state index contributed by atoms with van der Waals surface area (Å²) in [4.78, 5) is 12.3. The summed E-state index contributed by atoms with van der Waals surface area (Å²) in [6, 6.07) is -4.81. The molecule has 7 heteroatoms. The molecule has 5 nitrogen and oxygen atoms in total. The monoisotopic (exact) mass is 445 g/mol. The summed E-state index contributed by atoms with van der Waals surface area (Å²) in [5, 5.41) is 0.861. The quantitative estimate of drug-likeness (QED) is 0.732. The maximum Gasteiger partial charge on any atom is 0.317 e. The van der Waals surface area contributed by atoms with E-state index in [1.54, 1.807) is 0 Å². The number of hydrogen-bond acceptors (Lipinski definition) is 3. The lowest BCUT2D eigenvalue weighted by molar-refractivity contribution is 0.194. The van der Waals surface area contributed by atoms with E-state index in [1.165, 1.54) is 0 Å². The molecular formula is C21H32Cl2N4O. The van der Waals surface area contributed by atoms with E-state index < -0.39 is 105 Å². The van der Waals surface area contributed by atoms with Gasteiger partial charge in [0.05, 0.1) is 25.3 Å². The largest absolute Gasteiger partial charge is 0.368 e. The van der Waals surface area contributed by atoms with E-state index >= 15 is 0 Å². The predicted molar refractivity (Wildman–Crippen MR) is 118 cm³/mol. The van der Waals surface area contributed by atoms with Crippen LogP contribution in [0.1, 0.15) is 58.1 Å². The van der Waals surface area contributed by atoms with Gasteiger partial charge in [-0.15, -0.1) is 0 Å². The maximum absolute atomic E-state index is 12.5. The molecule has 1 saturated heterocycles. The molecule has 0 spiro atoms. The first-order valence-corrected chi connectivity index (χ1v) is 9.26. The zero-order chi connectivity index (χ0) is 36.7. The van der Waals surface area contributed by atoms with Crippen LogP contribution in [-0.4, -0.2) is 68.4 Å². The molecule has 1 saturated carbocycles. The number of carbonyl (C=O) groups excluding carboxylic acids is 1. The normalized spacial score (nSPS) is 42.1. The van der Waals surface area contributed by atoms with Crippen LogP contribution in [-0.2, 0) is 0 Å². The van der Waals surface area contributed by atoms with Gasteiger partial charge in [-0.05, 0) is 56.6 Å². The van der Waals surface area contributed by atoms with E-state index in [9.17, 15) is 4.79 Å². The van der Waals surface area contributed by atoms with Crippen LogP contribution in [0.15, 0.2) is 18.1 Å². The van der Waals surface area contributed by atoms with Crippen LogP contribution >= 0.6 is 23.2 Å². The fraction of sp³-hybridized carbons (Fsp3) is 0.667. The minimum absolute atomic E-state index is 0.0218. The van der Waals surface area contributed by atoms with Gasteiger partial charge in [0.25, 0.3) is 0 Å². The molecule has 1 aliphatic carbocycles. The lowest BCUT2D eigenvalue weighted by Gasteiger charge is -2.37. The van der Waals surface area contributed by atoms with Crippen LogP contribution in [0.3, 0.4) is 0 Å². The second kappa shape index (κ2) is 10.0. The van der Waals surface area contributed by atoms with E-state index in [-0.39, 0.29) is 40.4 Å². The molecule has 3 rings (SSSR count). The number of hydrogen-bond donors (Lipinski definition) is 1. The number of rotatable bonds is 5. The summed E-state index contributed by atoms with van der Waals surface area (Å²) in [5.41, 5.74) is -0.973. The Hall–Kier alpha value is -1.17. The van der Waals surface area contributed by atoms with Gasteiger partial charge in [-0.25, -0.2) is 4.79 Å². The molecule has 1 N–H and O–H groups in total. The molecule has 2 amide bonds. The third-order valence-corrected chi connectivity index (χ3v) is 5.12. The number of urea groups is 1. The van der Waals surface area contributed by atoms with Crippen LogP contribution in [0.2, 0.25) is 10.0 Å². The summed E-state index contributed by atoms with van der Waals surface area (Å²) < 4.78 is 155. The molecule has 0 atom stereocenters. The fourth-order valence-electron chi connectivity index (χ4n) is 2.88. The Labute approximate surface area is 205 Å². The summed E-state index contributed by atoms with van der Waals surface area (Å²) in [6.45, 7) is -22.0. The van der Waals surface area contributed by atoms with E-state index in [4.69, 9.17) is 49.2 Å². The minimum Gasteiger partial charge on any atom is -0.368 e. The van der Waals surface area contributed by atoms with Crippen LogP contribution in [0.4, 0.5) is 10.5 Å². The van der Waals surface area contributed by atoms with Crippen molar-refractivity contribution in [3.05, 3.63) is 28.2 Å². The van der Waals surface area contributed by atoms with Crippen molar-refractivity contribution >= 4 is 34.9 Å². The highest BCUT2D eigenvalue weighted by Gasteiger charge is 2.24. The Morgan fingerprint density at radius 1 is 1.29 bits per heavy atom. The van der Waals surface area contributed by atoms with Crippen molar-refractivity contribution in [1.29, 1.82) is 0 Å². The van der Waals surface area contributed by atoms with E-state index in [0.717, 1.165) is 0 Å². The molecule has 0 radical (unpaired) electrons. The molecule has 1 heterocycles. The summed E-state index contributed by atoms with van der Waals surface area (Å²) in [5.74, 6) is -0.970. The molecule has 1 aromatic carbocycles. The Morgan fingerprint density at radius 2 is 2.00 bits per heavy atom. The summed E-state index contributed by atoms with van der Waals surface area (Å²) in [7, 11) is 0. The summed E-state index contributed by atoms with van der Waals surface area (Å²) in [6.07, 6.45) is -2.53. The number of carbonyl (C=O) groups is 1. The third-order valence-electron chi connectivity index (χ3n) is 4.37. The number of piperazine rings is 1. The maximum atomic E-state index is 12.5. The van der Waals surface area contributed by atoms with E-state index in [1.807, 2.05) is 0 Å². The molecule has 1 aromatic rings. The molecule has 28 heavy (non-hydrogen) atoms. The van der Waals surface area contributed by atoms with Crippen molar-refractivity contribution in [2.45, 2.75) is 38.1 Å². The van der Waals surface area contributed by atoms with Crippen LogP contribution in [0, 0.1) is 5.92 Å². The van der Waals surface area contributed by atoms with Gasteiger partial charge in [-0.3, -0.25) is 4.90 Å². The standard InChI is InChI=1S/C21H32Cl2N4O/c1-25(2)21(28)24-17-8-6-16(7-9-17)10-11-26-12-14-27(15-13-26)19-5-3-4-18(22)20(19)23/h3-5,16-17H,6-15H2,1-2H3,(H,24,28)/i1D3,2D3,3D,4D,5D,10D2,12D2,13D2,14D2,15D2. The average Bonchev–Trinajstić information content (AvgIpc) is 2.89. The highest BCUT2D eigenvalue weighted by Crippen LogP contribution is 2.33. The molecule has 0 bridgehead atoms. The number of amides is 2. The van der Waals surface area contributed by atoms with Gasteiger partial charge in [0.15, 0.2) is 0 Å². The number of nitrogens with one attached hydrogen (secondary N) is 1. The molecular weight excluding hydrogens is 395 g/mol. The highest BCUT2D eigenvalue weighted by atomic mass is 35.5. The number of benzene rings is 1. The summed E-state index contributed by atoms with van der Waals surface area (Å²) >= 11 is 12.2. The molecule has 0 aromatic heterocycles. The smallest absolute Gasteiger partial charge is 0.317 e. The number of nitrogens with zero attached hydrogens (tertiary/aromatic N) is 3. The average molecular weight is 447 g/mol. The van der Waals surface area contributed by atoms with Gasteiger partial charge in [0, 0.05) is 62.4 Å². The van der Waals surface area contributed by atoms with Gasteiger partial charge in [-0.1, -0.05) is 29.2 Å². The molecule has 156 valence electrons. The molecule has 2 aliphatic rings. The Balaban J connectivity index is 1.91. The van der Waals surface area contributed by atoms with E-state index in [2.05, 4.69) is 5.32 Å². The first-order chi connectivity index (χ1) is 20.9. The molecule has 0 unspecified atom stereocenters. The first kappa shape index (κ1) is 7.82. The fourth-order valence-corrected chi connectivity index (χ4v) is 3.20. The Morgan fingerprint density at radius 3 is 2.68 bits per heavy atom. The van der Waals surface area contributed by atoms with Crippen LogP contribution in [0.5, 0.6) is 0 Å². The van der Waals surface area contributed by atoms with Crippen molar-refractivity contribution in [1.82, 2.24) is 15.1 Å². The van der Waals surface area contributed by atoms with Crippen molar-refractivity contribution in [3.63, 3.8) is 0 Å². The lowest BCUT2D eigenvalue weighted by atomic mass is 9.84. The van der Waals surface area contributed by atoms with Crippen LogP contribution < -0.4 is 10.2 Å².